The number of nitrogens with zero attached hydrogens (tertiary/aromatic N) is 3. The zero-order valence-electron chi connectivity index (χ0n) is 11.8. The Morgan fingerprint density at radius 1 is 0.952 bits per heavy atom. The Bertz CT molecular complexity index is 604. The molecule has 0 atom stereocenters. The molecule has 0 unspecified atom stereocenters. The molecule has 2 N–H and O–H groups in total. The van der Waals surface area contributed by atoms with Crippen LogP contribution in [0, 0.1) is 0 Å². The second-order valence-corrected chi connectivity index (χ2v) is 5.11. The molecular weight excluding hydrogens is 264 g/mol. The molecule has 1 amide bonds. The second-order valence-electron chi connectivity index (χ2n) is 5.11. The Hall–Kier alpha value is -2.56. The molecule has 0 aliphatic carbocycles. The summed E-state index contributed by atoms with van der Waals surface area (Å²) in [5.74, 6) is 0.0781. The van der Waals surface area contributed by atoms with E-state index in [0.29, 0.717) is 5.56 Å². The van der Waals surface area contributed by atoms with Crippen molar-refractivity contribution in [3.8, 4) is 0 Å². The summed E-state index contributed by atoms with van der Waals surface area (Å²) in [4.78, 5) is 20.5. The highest BCUT2D eigenvalue weighted by molar-refractivity contribution is 5.94. The minimum absolute atomic E-state index is 0.0781. The number of anilines is 2. The summed E-state index contributed by atoms with van der Waals surface area (Å²) in [5, 5.41) is 0. The fourth-order valence-corrected chi connectivity index (χ4v) is 2.53. The molecule has 108 valence electrons. The zero-order chi connectivity index (χ0) is 14.7. The Labute approximate surface area is 124 Å². The van der Waals surface area contributed by atoms with E-state index in [0.717, 1.165) is 37.6 Å². The number of hydrogen-bond donors (Lipinski definition) is 1. The molecule has 0 spiro atoms. The number of pyridine rings is 1. The van der Waals surface area contributed by atoms with Gasteiger partial charge >= 0.3 is 0 Å². The minimum atomic E-state index is 0.0781. The van der Waals surface area contributed by atoms with Gasteiger partial charge in [0.1, 0.15) is 0 Å². The number of amides is 1. The maximum absolute atomic E-state index is 12.4. The molecule has 0 saturated carbocycles. The standard InChI is InChI=1S/C16H18N4O/c17-14-1-3-15(4-2-14)19-9-11-20(12-10-19)16(21)13-5-7-18-8-6-13/h1-8H,9-12,17H2. The van der Waals surface area contributed by atoms with Gasteiger partial charge in [-0.15, -0.1) is 0 Å². The molecule has 0 bridgehead atoms. The smallest absolute Gasteiger partial charge is 0.254 e. The molecule has 1 fully saturated rings. The third-order valence-electron chi connectivity index (χ3n) is 3.75. The molecule has 1 aromatic heterocycles. The quantitative estimate of drug-likeness (QED) is 0.850. The average molecular weight is 282 g/mol. The fraction of sp³-hybridized carbons (Fsp3) is 0.250. The van der Waals surface area contributed by atoms with Crippen molar-refractivity contribution in [2.45, 2.75) is 0 Å². The van der Waals surface area contributed by atoms with E-state index >= 15 is 0 Å². The molecule has 21 heavy (non-hydrogen) atoms. The lowest BCUT2D eigenvalue weighted by Crippen LogP contribution is -2.48. The monoisotopic (exact) mass is 282 g/mol. The molecule has 5 nitrogen and oxygen atoms in total. The number of benzene rings is 1. The highest BCUT2D eigenvalue weighted by Crippen LogP contribution is 2.18. The first-order valence-electron chi connectivity index (χ1n) is 7.04. The van der Waals surface area contributed by atoms with Crippen molar-refractivity contribution in [2.24, 2.45) is 0 Å². The molecule has 5 heteroatoms. The van der Waals surface area contributed by atoms with E-state index in [9.17, 15) is 4.79 Å². The molecule has 3 rings (SSSR count). The van der Waals surface area contributed by atoms with Crippen molar-refractivity contribution in [3.63, 3.8) is 0 Å². The van der Waals surface area contributed by atoms with Gasteiger partial charge in [0, 0.05) is 55.5 Å². The summed E-state index contributed by atoms with van der Waals surface area (Å²) in [6.07, 6.45) is 3.30. The summed E-state index contributed by atoms with van der Waals surface area (Å²) in [6.45, 7) is 3.12. The number of piperazine rings is 1. The van der Waals surface area contributed by atoms with Crippen LogP contribution < -0.4 is 10.6 Å². The first kappa shape index (κ1) is 13.4. The van der Waals surface area contributed by atoms with Crippen molar-refractivity contribution in [3.05, 3.63) is 54.4 Å². The number of rotatable bonds is 2. The molecular formula is C16H18N4O. The highest BCUT2D eigenvalue weighted by atomic mass is 16.2. The fourth-order valence-electron chi connectivity index (χ4n) is 2.53. The molecule has 1 aromatic carbocycles. The maximum Gasteiger partial charge on any atom is 0.254 e. The van der Waals surface area contributed by atoms with Gasteiger partial charge in [-0.25, -0.2) is 0 Å². The second kappa shape index (κ2) is 5.83. The van der Waals surface area contributed by atoms with Crippen molar-refractivity contribution < 1.29 is 4.79 Å². The van der Waals surface area contributed by atoms with Crippen LogP contribution in [0.25, 0.3) is 0 Å². The molecule has 2 aromatic rings. The van der Waals surface area contributed by atoms with Crippen LogP contribution in [0.5, 0.6) is 0 Å². The van der Waals surface area contributed by atoms with E-state index < -0.39 is 0 Å². The lowest BCUT2D eigenvalue weighted by Gasteiger charge is -2.36. The van der Waals surface area contributed by atoms with Crippen LogP contribution in [0.15, 0.2) is 48.8 Å². The highest BCUT2D eigenvalue weighted by Gasteiger charge is 2.22. The van der Waals surface area contributed by atoms with Crippen LogP contribution >= 0.6 is 0 Å². The summed E-state index contributed by atoms with van der Waals surface area (Å²) in [7, 11) is 0. The van der Waals surface area contributed by atoms with Crippen LogP contribution in [0.2, 0.25) is 0 Å². The Kier molecular flexibility index (Phi) is 3.73. The van der Waals surface area contributed by atoms with Gasteiger partial charge < -0.3 is 15.5 Å². The number of nitrogens with two attached hydrogens (primary N) is 1. The number of aromatic nitrogens is 1. The molecule has 1 aliphatic heterocycles. The average Bonchev–Trinajstić information content (AvgIpc) is 2.56. The van der Waals surface area contributed by atoms with Gasteiger partial charge in [-0.1, -0.05) is 0 Å². The van der Waals surface area contributed by atoms with E-state index in [1.807, 2.05) is 29.2 Å². The first-order valence-corrected chi connectivity index (χ1v) is 7.04. The lowest BCUT2D eigenvalue weighted by atomic mass is 10.2. The van der Waals surface area contributed by atoms with Gasteiger partial charge in [-0.2, -0.15) is 0 Å². The molecule has 0 radical (unpaired) electrons. The Balaban J connectivity index is 1.63. The topological polar surface area (TPSA) is 62.5 Å². The van der Waals surface area contributed by atoms with E-state index in [4.69, 9.17) is 5.73 Å². The van der Waals surface area contributed by atoms with E-state index in [1.165, 1.54) is 0 Å². The van der Waals surface area contributed by atoms with Gasteiger partial charge in [0.25, 0.3) is 5.91 Å². The van der Waals surface area contributed by atoms with Crippen molar-refractivity contribution in [1.29, 1.82) is 0 Å². The first-order chi connectivity index (χ1) is 10.2. The van der Waals surface area contributed by atoms with E-state index in [2.05, 4.69) is 9.88 Å². The summed E-state index contributed by atoms with van der Waals surface area (Å²) in [5.41, 5.74) is 8.33. The van der Waals surface area contributed by atoms with Gasteiger partial charge in [0.05, 0.1) is 0 Å². The lowest BCUT2D eigenvalue weighted by molar-refractivity contribution is 0.0746. The van der Waals surface area contributed by atoms with Crippen LogP contribution in [-0.2, 0) is 0 Å². The third kappa shape index (κ3) is 2.97. The van der Waals surface area contributed by atoms with Gasteiger partial charge in [-0.3, -0.25) is 9.78 Å². The maximum atomic E-state index is 12.4. The van der Waals surface area contributed by atoms with E-state index in [-0.39, 0.29) is 5.91 Å². The van der Waals surface area contributed by atoms with Crippen molar-refractivity contribution in [2.75, 3.05) is 36.8 Å². The molecule has 1 aliphatic rings. The minimum Gasteiger partial charge on any atom is -0.399 e. The van der Waals surface area contributed by atoms with Gasteiger partial charge in [0.15, 0.2) is 0 Å². The predicted octanol–water partition coefficient (Wildman–Crippen LogP) is 1.63. The summed E-state index contributed by atoms with van der Waals surface area (Å²) >= 11 is 0. The Morgan fingerprint density at radius 2 is 1.57 bits per heavy atom. The van der Waals surface area contributed by atoms with Crippen molar-refractivity contribution >= 4 is 17.3 Å². The van der Waals surface area contributed by atoms with Crippen LogP contribution in [-0.4, -0.2) is 42.0 Å². The van der Waals surface area contributed by atoms with Crippen molar-refractivity contribution in [1.82, 2.24) is 9.88 Å². The third-order valence-corrected chi connectivity index (χ3v) is 3.75. The normalized spacial score (nSPS) is 15.0. The molecule has 2 heterocycles. The predicted molar refractivity (Wildman–Crippen MR) is 83.2 cm³/mol. The number of carbonyl (C=O) groups is 1. The molecule has 1 saturated heterocycles. The summed E-state index contributed by atoms with van der Waals surface area (Å²) in [6, 6.07) is 11.4. The number of nitrogen functional groups attached to an aromatic ring is 1. The van der Waals surface area contributed by atoms with Gasteiger partial charge in [-0.05, 0) is 36.4 Å². The van der Waals surface area contributed by atoms with Crippen LogP contribution in [0.4, 0.5) is 11.4 Å². The SMILES string of the molecule is Nc1ccc(N2CCN(C(=O)c3ccncc3)CC2)cc1. The van der Waals surface area contributed by atoms with E-state index in [1.54, 1.807) is 24.5 Å². The Morgan fingerprint density at radius 3 is 2.19 bits per heavy atom. The largest absolute Gasteiger partial charge is 0.399 e. The summed E-state index contributed by atoms with van der Waals surface area (Å²) < 4.78 is 0. The number of carbonyl (C=O) groups excluding carboxylic acids is 1. The van der Waals surface area contributed by atoms with Crippen LogP contribution in [0.3, 0.4) is 0 Å². The zero-order valence-corrected chi connectivity index (χ0v) is 11.8. The number of hydrogen-bond acceptors (Lipinski definition) is 4. The van der Waals surface area contributed by atoms with Crippen LogP contribution in [0.1, 0.15) is 10.4 Å². The van der Waals surface area contributed by atoms with Gasteiger partial charge in [0.2, 0.25) is 0 Å².